The van der Waals surface area contributed by atoms with Crippen molar-refractivity contribution >= 4 is 17.8 Å². The molecule has 0 saturated carbocycles. The van der Waals surface area contributed by atoms with Crippen LogP contribution in [-0.4, -0.2) is 61.0 Å². The summed E-state index contributed by atoms with van der Waals surface area (Å²) in [7, 11) is 1.74. The molecule has 0 rings (SSSR count). The van der Waals surface area contributed by atoms with Gasteiger partial charge in [0.2, 0.25) is 6.10 Å². The zero-order chi connectivity index (χ0) is 49.4. The number of methoxy groups -OCH3 is 1. The highest BCUT2D eigenvalue weighted by molar-refractivity contribution is 5.85. The van der Waals surface area contributed by atoms with Crippen LogP contribution in [0.2, 0.25) is 0 Å². The average Bonchev–Trinajstić information content (AvgIpc) is 3.27. The van der Waals surface area contributed by atoms with Crippen molar-refractivity contribution in [3.63, 3.8) is 0 Å². The summed E-state index contributed by atoms with van der Waals surface area (Å²) in [4.78, 5) is 40.2. The first-order chi connectivity index (χ1) is 31.5. The maximum absolute atomic E-state index is 14.1. The molecule has 0 radical (unpaired) electrons. The van der Waals surface area contributed by atoms with E-state index in [1.165, 1.54) is 154 Å². The Labute approximate surface area is 410 Å². The van der Waals surface area contributed by atoms with E-state index in [0.29, 0.717) is 25.9 Å². The molecule has 8 heteroatoms. The van der Waals surface area contributed by atoms with Gasteiger partial charge < -0.3 is 24.3 Å². The maximum Gasteiger partial charge on any atom is 0.306 e. The van der Waals surface area contributed by atoms with Crippen molar-refractivity contribution in [1.29, 1.82) is 0 Å². The number of rotatable bonds is 48. The third-order valence-electron chi connectivity index (χ3n) is 14.3. The van der Waals surface area contributed by atoms with Gasteiger partial charge in [-0.05, 0) is 78.1 Å². The van der Waals surface area contributed by atoms with Crippen LogP contribution in [0, 0.1) is 5.41 Å². The van der Waals surface area contributed by atoms with Gasteiger partial charge in [-0.2, -0.15) is 0 Å². The molecule has 0 saturated heterocycles. The monoisotopic (exact) mass is 936 g/mol. The number of nitrogens with one attached hydrogen (secondary N) is 1. The smallest absolute Gasteiger partial charge is 0.306 e. The summed E-state index contributed by atoms with van der Waals surface area (Å²) in [5.41, 5.74) is -1.35. The Bertz CT molecular complexity index is 1170. The van der Waals surface area contributed by atoms with E-state index in [2.05, 4.69) is 74.6 Å². The Kier molecular flexibility index (Phi) is 39.1. The summed E-state index contributed by atoms with van der Waals surface area (Å²) in [5, 5.41) is 3.26. The second kappa shape index (κ2) is 40.1. The van der Waals surface area contributed by atoms with Gasteiger partial charge in [0.05, 0.1) is 17.8 Å². The number of hydrogen-bond donors (Lipinski definition) is 1. The lowest BCUT2D eigenvalue weighted by Crippen LogP contribution is -2.53. The first-order valence-electron chi connectivity index (χ1n) is 28.4. The molecule has 1 amide bonds. The first-order valence-corrected chi connectivity index (χ1v) is 28.4. The summed E-state index contributed by atoms with van der Waals surface area (Å²) < 4.78 is 23.7. The van der Waals surface area contributed by atoms with Crippen LogP contribution in [0.15, 0.2) is 0 Å². The topological polar surface area (TPSA) is 100 Å². The predicted octanol–water partition coefficient (Wildman–Crippen LogP) is 17.1. The van der Waals surface area contributed by atoms with Gasteiger partial charge >= 0.3 is 11.9 Å². The van der Waals surface area contributed by atoms with Crippen LogP contribution in [0.5, 0.6) is 0 Å². The van der Waals surface area contributed by atoms with Crippen LogP contribution in [-0.2, 0) is 33.3 Å². The number of amides is 1. The largest absolute Gasteiger partial charge is 0.461 e. The summed E-state index contributed by atoms with van der Waals surface area (Å²) in [5.74, 6) is -1.15. The molecule has 392 valence electrons. The number of esters is 2. The summed E-state index contributed by atoms with van der Waals surface area (Å²) in [6, 6.07) is 0. The van der Waals surface area contributed by atoms with E-state index in [1.807, 2.05) is 0 Å². The van der Waals surface area contributed by atoms with Gasteiger partial charge in [0.25, 0.3) is 5.91 Å². The fourth-order valence-corrected chi connectivity index (χ4v) is 9.59. The molecule has 0 fully saturated rings. The van der Waals surface area contributed by atoms with E-state index in [9.17, 15) is 14.4 Å². The van der Waals surface area contributed by atoms with E-state index >= 15 is 0 Å². The van der Waals surface area contributed by atoms with Gasteiger partial charge in [-0.25, -0.2) is 0 Å². The number of ether oxygens (including phenoxy) is 4. The molecule has 0 aliphatic rings. The molecule has 0 aliphatic carbocycles. The van der Waals surface area contributed by atoms with Crippen LogP contribution in [0.1, 0.15) is 307 Å². The zero-order valence-electron chi connectivity index (χ0n) is 46.0. The Morgan fingerprint density at radius 1 is 0.485 bits per heavy atom. The van der Waals surface area contributed by atoms with E-state index < -0.39 is 23.5 Å². The zero-order valence-corrected chi connectivity index (χ0v) is 46.0. The normalized spacial score (nSPS) is 14.4. The molecule has 3 atom stereocenters. The summed E-state index contributed by atoms with van der Waals surface area (Å²) >= 11 is 0. The van der Waals surface area contributed by atoms with Crippen molar-refractivity contribution in [3.8, 4) is 0 Å². The number of carbonyl (C=O) groups is 3. The van der Waals surface area contributed by atoms with Crippen LogP contribution in [0.25, 0.3) is 0 Å². The predicted molar refractivity (Wildman–Crippen MR) is 280 cm³/mol. The average molecular weight is 937 g/mol. The highest BCUT2D eigenvalue weighted by Crippen LogP contribution is 2.40. The maximum atomic E-state index is 14.1. The molecule has 0 bridgehead atoms. The summed E-state index contributed by atoms with van der Waals surface area (Å²) in [6.45, 7) is 22.0. The van der Waals surface area contributed by atoms with Crippen molar-refractivity contribution in [2.45, 2.75) is 330 Å². The quantitative estimate of drug-likeness (QED) is 0.0479. The third kappa shape index (κ3) is 37.3. The highest BCUT2D eigenvalue weighted by atomic mass is 16.6. The fourth-order valence-electron chi connectivity index (χ4n) is 9.59. The Balaban J connectivity index is 5.12. The number of carbonyl (C=O) groups excluding carboxylic acids is 3. The highest BCUT2D eigenvalue weighted by Gasteiger charge is 2.39. The second-order valence-electron chi connectivity index (χ2n) is 22.3. The van der Waals surface area contributed by atoms with Crippen molar-refractivity contribution in [2.24, 2.45) is 5.41 Å². The van der Waals surface area contributed by atoms with E-state index in [0.717, 1.165) is 57.8 Å². The molecule has 0 aromatic heterocycles. The lowest BCUT2D eigenvalue weighted by molar-refractivity contribution is -0.165. The molecular formula is C58H113NO7. The van der Waals surface area contributed by atoms with E-state index in [4.69, 9.17) is 18.9 Å². The molecule has 0 aromatic carbocycles. The minimum Gasteiger partial charge on any atom is -0.461 e. The minimum atomic E-state index is -1.19. The molecule has 8 nitrogen and oxygen atoms in total. The molecule has 1 N–H and O–H groups in total. The lowest BCUT2D eigenvalue weighted by Gasteiger charge is -2.43. The van der Waals surface area contributed by atoms with Crippen LogP contribution >= 0.6 is 0 Å². The SMILES string of the molecule is CCCCCCCCCCCCCCCCCC(=O)OCC(OC(=O)CCCCCCCCCCCCCCCCC)C(=O)NC(C)(CC)CC(C)(C)CC(C)(CC)OCCC(C)(C)OC. The molecule has 3 unspecified atom stereocenters. The van der Waals surface area contributed by atoms with Crippen LogP contribution in [0.3, 0.4) is 0 Å². The Hall–Kier alpha value is -1.67. The van der Waals surface area contributed by atoms with E-state index in [1.54, 1.807) is 7.11 Å². The third-order valence-corrected chi connectivity index (χ3v) is 14.3. The van der Waals surface area contributed by atoms with Gasteiger partial charge in [0.1, 0.15) is 6.61 Å². The Morgan fingerprint density at radius 3 is 1.23 bits per heavy atom. The Morgan fingerprint density at radius 2 is 0.864 bits per heavy atom. The van der Waals surface area contributed by atoms with Gasteiger partial charge in [-0.15, -0.1) is 0 Å². The second-order valence-corrected chi connectivity index (χ2v) is 22.3. The van der Waals surface area contributed by atoms with Crippen molar-refractivity contribution < 1.29 is 33.3 Å². The standard InChI is InChI=1S/C58H113NO7/c1-12-16-18-20-22-24-26-28-30-32-34-36-38-40-42-44-52(60)64-48-51(66-53(61)45-43-41-39-37-35-33-31-29-27-25-23-21-19-17-13-2)54(62)59-57(9,14-3)49-55(5,6)50-58(10,15-4)65-47-46-56(7,8)63-11/h51H,12-50H2,1-11H3,(H,59,62). The van der Waals surface area contributed by atoms with Gasteiger partial charge in [-0.3, -0.25) is 14.4 Å². The van der Waals surface area contributed by atoms with Crippen molar-refractivity contribution in [1.82, 2.24) is 5.32 Å². The van der Waals surface area contributed by atoms with Crippen LogP contribution in [0.4, 0.5) is 0 Å². The minimum absolute atomic E-state index is 0.182. The van der Waals surface area contributed by atoms with Crippen molar-refractivity contribution in [3.05, 3.63) is 0 Å². The first kappa shape index (κ1) is 64.3. The molecule has 0 spiro atoms. The summed E-state index contributed by atoms with van der Waals surface area (Å²) in [6.07, 6.45) is 41.0. The molecule has 0 heterocycles. The molecule has 0 aromatic rings. The lowest BCUT2D eigenvalue weighted by atomic mass is 9.71. The number of unbranched alkanes of at least 4 members (excludes halogenated alkanes) is 28. The van der Waals surface area contributed by atoms with E-state index in [-0.39, 0.29) is 35.6 Å². The fraction of sp³-hybridized carbons (Fsp3) is 0.948. The molecule has 0 aliphatic heterocycles. The molecular weight excluding hydrogens is 823 g/mol. The van der Waals surface area contributed by atoms with Crippen molar-refractivity contribution in [2.75, 3.05) is 20.3 Å². The number of hydrogen-bond acceptors (Lipinski definition) is 7. The van der Waals surface area contributed by atoms with Crippen LogP contribution < -0.4 is 5.32 Å². The molecule has 66 heavy (non-hydrogen) atoms. The van der Waals surface area contributed by atoms with Gasteiger partial charge in [0.15, 0.2) is 0 Å². The van der Waals surface area contributed by atoms with Gasteiger partial charge in [-0.1, -0.05) is 221 Å². The van der Waals surface area contributed by atoms with Gasteiger partial charge in [0, 0.05) is 25.5 Å².